The smallest absolute Gasteiger partial charge is 0.228 e. The topological polar surface area (TPSA) is 71.8 Å². The van der Waals surface area contributed by atoms with E-state index in [1.807, 2.05) is 60.7 Å². The van der Waals surface area contributed by atoms with Crippen LogP contribution < -0.4 is 15.0 Å². The van der Waals surface area contributed by atoms with E-state index in [0.29, 0.717) is 30.6 Å². The number of rotatable bonds is 7. The van der Waals surface area contributed by atoms with E-state index in [2.05, 4.69) is 12.2 Å². The molecule has 1 aliphatic heterocycles. The lowest BCUT2D eigenvalue weighted by atomic mass is 9.79. The van der Waals surface area contributed by atoms with Gasteiger partial charge in [0.05, 0.1) is 24.7 Å². The molecule has 1 aliphatic carbocycles. The van der Waals surface area contributed by atoms with Gasteiger partial charge in [-0.1, -0.05) is 44.0 Å². The lowest BCUT2D eigenvalue weighted by molar-refractivity contribution is -0.119. The fourth-order valence-corrected chi connectivity index (χ4v) is 5.34. The predicted molar refractivity (Wildman–Crippen MR) is 140 cm³/mol. The SMILES string of the molecule is CCCCCC(=O)N1c2ccccc2NC2=C(C(=O)C[C@@H](c3ccc(OC)cc3)C2)[C@H]1c1ccco1. The van der Waals surface area contributed by atoms with Crippen LogP contribution in [0.5, 0.6) is 5.75 Å². The number of anilines is 2. The van der Waals surface area contributed by atoms with Gasteiger partial charge >= 0.3 is 0 Å². The second-order valence-electron chi connectivity index (χ2n) is 9.47. The first kappa shape index (κ1) is 23.9. The van der Waals surface area contributed by atoms with Crippen molar-refractivity contribution in [2.75, 3.05) is 17.3 Å². The number of para-hydroxylation sites is 2. The minimum absolute atomic E-state index is 0.00192. The van der Waals surface area contributed by atoms with Crippen molar-refractivity contribution in [3.63, 3.8) is 0 Å². The summed E-state index contributed by atoms with van der Waals surface area (Å²) in [5, 5.41) is 3.56. The maximum atomic E-state index is 13.9. The van der Waals surface area contributed by atoms with Gasteiger partial charge in [0, 0.05) is 24.1 Å². The second-order valence-corrected chi connectivity index (χ2v) is 9.47. The van der Waals surface area contributed by atoms with Crippen molar-refractivity contribution in [3.05, 3.63) is 89.5 Å². The molecule has 0 radical (unpaired) electrons. The van der Waals surface area contributed by atoms with E-state index in [4.69, 9.17) is 9.15 Å². The van der Waals surface area contributed by atoms with Crippen LogP contribution >= 0.6 is 0 Å². The van der Waals surface area contributed by atoms with Gasteiger partial charge in [0.1, 0.15) is 17.6 Å². The summed E-state index contributed by atoms with van der Waals surface area (Å²) in [6, 6.07) is 18.8. The highest BCUT2D eigenvalue weighted by molar-refractivity contribution is 6.06. The maximum Gasteiger partial charge on any atom is 0.228 e. The lowest BCUT2D eigenvalue weighted by Crippen LogP contribution is -2.38. The molecule has 0 saturated carbocycles. The highest BCUT2D eigenvalue weighted by atomic mass is 16.5. The summed E-state index contributed by atoms with van der Waals surface area (Å²) < 4.78 is 11.2. The number of nitrogens with one attached hydrogen (secondary N) is 1. The molecule has 2 aromatic carbocycles. The fraction of sp³-hybridized carbons (Fsp3) is 0.333. The van der Waals surface area contributed by atoms with Crippen LogP contribution in [0.25, 0.3) is 0 Å². The predicted octanol–water partition coefficient (Wildman–Crippen LogP) is 6.77. The molecule has 0 unspecified atom stereocenters. The van der Waals surface area contributed by atoms with Gasteiger partial charge in [-0.15, -0.1) is 0 Å². The third kappa shape index (κ3) is 4.55. The second kappa shape index (κ2) is 10.4. The van der Waals surface area contributed by atoms with Gasteiger partial charge in [0.2, 0.25) is 5.91 Å². The Morgan fingerprint density at radius 2 is 1.86 bits per heavy atom. The molecule has 0 saturated heterocycles. The Balaban J connectivity index is 1.60. The standard InChI is InChI=1S/C30H32N2O4/c1-3-4-5-12-28(34)32-25-10-7-6-9-23(25)31-24-18-21(20-13-15-22(35-2)16-14-20)19-26(33)29(24)30(32)27-11-8-17-36-27/h6-11,13-17,21,30-31H,3-5,12,18-19H2,1-2H3/t21-,30+/m0/s1. The Kier molecular flexibility index (Phi) is 6.94. The molecule has 6 nitrogen and oxygen atoms in total. The number of carbonyl (C=O) groups is 2. The van der Waals surface area contributed by atoms with Gasteiger partial charge in [0.25, 0.3) is 0 Å². The van der Waals surface area contributed by atoms with Crippen molar-refractivity contribution < 1.29 is 18.7 Å². The van der Waals surface area contributed by atoms with E-state index in [-0.39, 0.29) is 17.6 Å². The number of ether oxygens (including phenoxy) is 1. The van der Waals surface area contributed by atoms with Gasteiger partial charge in [-0.2, -0.15) is 0 Å². The summed E-state index contributed by atoms with van der Waals surface area (Å²) in [6.07, 6.45) is 5.90. The van der Waals surface area contributed by atoms with Crippen LogP contribution in [-0.2, 0) is 9.59 Å². The van der Waals surface area contributed by atoms with E-state index < -0.39 is 6.04 Å². The number of benzene rings is 2. The Hall–Kier alpha value is -3.80. The summed E-state index contributed by atoms with van der Waals surface area (Å²) >= 11 is 0. The van der Waals surface area contributed by atoms with E-state index >= 15 is 0 Å². The Bertz CT molecular complexity index is 1260. The monoisotopic (exact) mass is 484 g/mol. The number of furan rings is 1. The molecule has 186 valence electrons. The molecule has 2 atom stereocenters. The summed E-state index contributed by atoms with van der Waals surface area (Å²) in [4.78, 5) is 29.4. The summed E-state index contributed by atoms with van der Waals surface area (Å²) in [6.45, 7) is 2.12. The number of allylic oxidation sites excluding steroid dienone is 1. The van der Waals surface area contributed by atoms with Crippen molar-refractivity contribution >= 4 is 23.1 Å². The van der Waals surface area contributed by atoms with Crippen LogP contribution in [0.2, 0.25) is 0 Å². The Morgan fingerprint density at radius 3 is 2.58 bits per heavy atom. The van der Waals surface area contributed by atoms with Crippen molar-refractivity contribution in [3.8, 4) is 5.75 Å². The first-order valence-corrected chi connectivity index (χ1v) is 12.7. The molecule has 1 aromatic heterocycles. The van der Waals surface area contributed by atoms with Crippen LogP contribution in [-0.4, -0.2) is 18.8 Å². The van der Waals surface area contributed by atoms with E-state index in [0.717, 1.165) is 47.6 Å². The van der Waals surface area contributed by atoms with Crippen LogP contribution in [0.4, 0.5) is 11.4 Å². The fourth-order valence-electron chi connectivity index (χ4n) is 5.34. The molecular formula is C30H32N2O4. The number of unbranched alkanes of at least 4 members (excludes halogenated alkanes) is 2. The van der Waals surface area contributed by atoms with Crippen LogP contribution in [0.1, 0.15) is 68.7 Å². The number of carbonyl (C=O) groups excluding carboxylic acids is 2. The molecule has 0 spiro atoms. The van der Waals surface area contributed by atoms with Crippen LogP contribution in [0.15, 0.2) is 82.6 Å². The molecule has 0 fully saturated rings. The summed E-state index contributed by atoms with van der Waals surface area (Å²) in [5.74, 6) is 1.45. The van der Waals surface area contributed by atoms with E-state index in [1.165, 1.54) is 0 Å². The van der Waals surface area contributed by atoms with E-state index in [1.54, 1.807) is 18.3 Å². The zero-order valence-electron chi connectivity index (χ0n) is 20.8. The number of hydrogen-bond acceptors (Lipinski definition) is 5. The molecule has 1 amide bonds. The third-order valence-corrected chi connectivity index (χ3v) is 7.15. The Labute approximate surface area is 211 Å². The summed E-state index contributed by atoms with van der Waals surface area (Å²) in [7, 11) is 1.65. The molecular weight excluding hydrogens is 452 g/mol. The first-order valence-electron chi connectivity index (χ1n) is 12.7. The molecule has 2 aliphatic rings. The van der Waals surface area contributed by atoms with Crippen molar-refractivity contribution in [1.29, 1.82) is 0 Å². The molecule has 36 heavy (non-hydrogen) atoms. The molecule has 1 N–H and O–H groups in total. The minimum Gasteiger partial charge on any atom is -0.497 e. The largest absolute Gasteiger partial charge is 0.497 e. The number of amides is 1. The van der Waals surface area contributed by atoms with E-state index in [9.17, 15) is 9.59 Å². The summed E-state index contributed by atoms with van der Waals surface area (Å²) in [5.41, 5.74) is 4.16. The minimum atomic E-state index is -0.607. The number of hydrogen-bond donors (Lipinski definition) is 1. The number of methoxy groups -OCH3 is 1. The highest BCUT2D eigenvalue weighted by Gasteiger charge is 2.42. The Morgan fingerprint density at radius 1 is 1.06 bits per heavy atom. The average Bonchev–Trinajstić information content (AvgIpc) is 3.38. The molecule has 6 heteroatoms. The normalized spacial score (nSPS) is 19.3. The van der Waals surface area contributed by atoms with Gasteiger partial charge in [0.15, 0.2) is 5.78 Å². The van der Waals surface area contributed by atoms with Crippen LogP contribution in [0.3, 0.4) is 0 Å². The number of fused-ring (bicyclic) bond motifs is 1. The van der Waals surface area contributed by atoms with Crippen molar-refractivity contribution in [1.82, 2.24) is 0 Å². The highest BCUT2D eigenvalue weighted by Crippen LogP contribution is 2.47. The zero-order chi connectivity index (χ0) is 25.1. The average molecular weight is 485 g/mol. The number of nitrogens with zero attached hydrogens (tertiary/aromatic N) is 1. The van der Waals surface area contributed by atoms with Crippen LogP contribution in [0, 0.1) is 0 Å². The molecule has 5 rings (SSSR count). The number of ketones is 1. The third-order valence-electron chi connectivity index (χ3n) is 7.15. The van der Waals surface area contributed by atoms with Gasteiger partial charge in [-0.25, -0.2) is 0 Å². The van der Waals surface area contributed by atoms with Crippen molar-refractivity contribution in [2.45, 2.75) is 57.4 Å². The van der Waals surface area contributed by atoms with Gasteiger partial charge in [-0.3, -0.25) is 14.5 Å². The lowest BCUT2D eigenvalue weighted by Gasteiger charge is -2.33. The van der Waals surface area contributed by atoms with Crippen molar-refractivity contribution in [2.24, 2.45) is 0 Å². The molecule has 0 bridgehead atoms. The zero-order valence-corrected chi connectivity index (χ0v) is 20.8. The number of Topliss-reactive ketones (excluding diaryl/α,β-unsaturated/α-hetero) is 1. The first-order chi connectivity index (χ1) is 17.6. The maximum absolute atomic E-state index is 13.9. The van der Waals surface area contributed by atoms with Gasteiger partial charge < -0.3 is 14.5 Å². The van der Waals surface area contributed by atoms with Gasteiger partial charge in [-0.05, 0) is 60.7 Å². The quantitative estimate of drug-likeness (QED) is 0.375. The molecule has 3 aromatic rings. The molecule has 2 heterocycles.